The summed E-state index contributed by atoms with van der Waals surface area (Å²) in [6.07, 6.45) is 6.26. The Hall–Kier alpha value is -1.49. The van der Waals surface area contributed by atoms with Crippen molar-refractivity contribution in [2.75, 3.05) is 11.9 Å². The van der Waals surface area contributed by atoms with Gasteiger partial charge in [0.2, 0.25) is 11.8 Å². The number of thioether (sulfide) groups is 1. The van der Waals surface area contributed by atoms with Crippen molar-refractivity contribution in [1.29, 1.82) is 0 Å². The first-order chi connectivity index (χ1) is 11.5. The third kappa shape index (κ3) is 5.55. The molecule has 0 saturated heterocycles. The second-order valence-corrected chi connectivity index (χ2v) is 8.22. The molecule has 1 fully saturated rings. The minimum absolute atomic E-state index is 0.0160. The molecule has 0 aromatic heterocycles. The van der Waals surface area contributed by atoms with Crippen molar-refractivity contribution in [2.45, 2.75) is 63.4 Å². The highest BCUT2D eigenvalue weighted by Gasteiger charge is 2.21. The quantitative estimate of drug-likeness (QED) is 0.822. The van der Waals surface area contributed by atoms with Crippen LogP contribution in [0.4, 0.5) is 5.69 Å². The van der Waals surface area contributed by atoms with Gasteiger partial charge in [-0.15, -0.1) is 11.8 Å². The lowest BCUT2D eigenvalue weighted by molar-refractivity contribution is -0.123. The van der Waals surface area contributed by atoms with Crippen molar-refractivity contribution in [3.05, 3.63) is 29.3 Å². The van der Waals surface area contributed by atoms with Crippen molar-refractivity contribution in [3.63, 3.8) is 0 Å². The first-order valence-electron chi connectivity index (χ1n) is 8.76. The van der Waals surface area contributed by atoms with Crippen LogP contribution in [-0.2, 0) is 9.59 Å². The van der Waals surface area contributed by atoms with E-state index in [1.807, 2.05) is 39.0 Å². The molecule has 5 heteroatoms. The third-order valence-electron chi connectivity index (χ3n) is 4.49. The van der Waals surface area contributed by atoms with E-state index in [-0.39, 0.29) is 23.6 Å². The standard InChI is InChI=1S/C19H28N2O2S/c1-13-8-7-9-14(2)18(13)21-17(22)12-20-19(23)15(3)24-16-10-5-4-6-11-16/h7-9,15-16H,4-6,10-12H2,1-3H3,(H,20,23)(H,21,22)/t15-/m0/s1. The van der Waals surface area contributed by atoms with E-state index >= 15 is 0 Å². The Balaban J connectivity index is 1.77. The van der Waals surface area contributed by atoms with E-state index < -0.39 is 0 Å². The topological polar surface area (TPSA) is 58.2 Å². The smallest absolute Gasteiger partial charge is 0.243 e. The molecule has 2 rings (SSSR count). The second kappa shape index (κ2) is 9.11. The molecule has 0 radical (unpaired) electrons. The monoisotopic (exact) mass is 348 g/mol. The van der Waals surface area contributed by atoms with Gasteiger partial charge in [0.15, 0.2) is 0 Å². The number of carbonyl (C=O) groups is 2. The van der Waals surface area contributed by atoms with E-state index in [1.54, 1.807) is 11.8 Å². The zero-order valence-corrected chi connectivity index (χ0v) is 15.7. The molecule has 2 amide bonds. The van der Waals surface area contributed by atoms with Gasteiger partial charge in [0.05, 0.1) is 11.8 Å². The highest BCUT2D eigenvalue weighted by atomic mass is 32.2. The molecule has 0 bridgehead atoms. The lowest BCUT2D eigenvalue weighted by Gasteiger charge is -2.23. The van der Waals surface area contributed by atoms with Crippen LogP contribution in [0.2, 0.25) is 0 Å². The van der Waals surface area contributed by atoms with E-state index in [4.69, 9.17) is 0 Å². The number of carbonyl (C=O) groups excluding carboxylic acids is 2. The first-order valence-corrected chi connectivity index (χ1v) is 9.71. The number of benzene rings is 1. The fourth-order valence-electron chi connectivity index (χ4n) is 3.06. The van der Waals surface area contributed by atoms with E-state index in [1.165, 1.54) is 32.1 Å². The summed E-state index contributed by atoms with van der Waals surface area (Å²) >= 11 is 1.75. The molecule has 1 aromatic rings. The minimum atomic E-state index is -0.185. The van der Waals surface area contributed by atoms with Gasteiger partial charge in [-0.25, -0.2) is 0 Å². The first kappa shape index (κ1) is 18.8. The fourth-order valence-corrected chi connectivity index (χ4v) is 4.45. The molecule has 1 saturated carbocycles. The van der Waals surface area contributed by atoms with Crippen molar-refractivity contribution in [3.8, 4) is 0 Å². The second-order valence-electron chi connectivity index (χ2n) is 6.57. The summed E-state index contributed by atoms with van der Waals surface area (Å²) in [5, 5.41) is 6.13. The lowest BCUT2D eigenvalue weighted by atomic mass is 10.0. The number of amides is 2. The van der Waals surface area contributed by atoms with Gasteiger partial charge in [-0.1, -0.05) is 37.5 Å². The SMILES string of the molecule is Cc1cccc(C)c1NC(=O)CNC(=O)[C@H](C)SC1CCCCC1. The minimum Gasteiger partial charge on any atom is -0.346 e. The molecule has 1 aliphatic rings. The van der Waals surface area contributed by atoms with Crippen LogP contribution >= 0.6 is 11.8 Å². The van der Waals surface area contributed by atoms with Crippen LogP contribution in [0, 0.1) is 13.8 Å². The van der Waals surface area contributed by atoms with Gasteiger partial charge in [0.25, 0.3) is 0 Å². The largest absolute Gasteiger partial charge is 0.346 e. The predicted molar refractivity (Wildman–Crippen MR) is 101 cm³/mol. The van der Waals surface area contributed by atoms with Crippen LogP contribution in [0.5, 0.6) is 0 Å². The Labute approximate surface area is 149 Å². The summed E-state index contributed by atoms with van der Waals surface area (Å²) in [6.45, 7) is 5.87. The van der Waals surface area contributed by atoms with Gasteiger partial charge in [0.1, 0.15) is 0 Å². The summed E-state index contributed by atoms with van der Waals surface area (Å²) in [4.78, 5) is 24.3. The zero-order valence-electron chi connectivity index (χ0n) is 14.9. The van der Waals surface area contributed by atoms with Gasteiger partial charge in [-0.2, -0.15) is 0 Å². The molecule has 2 N–H and O–H groups in total. The normalized spacial score (nSPS) is 16.5. The van der Waals surface area contributed by atoms with Crippen LogP contribution < -0.4 is 10.6 Å². The Morgan fingerprint density at radius 1 is 1.17 bits per heavy atom. The lowest BCUT2D eigenvalue weighted by Crippen LogP contribution is -2.38. The third-order valence-corrected chi connectivity index (χ3v) is 5.97. The number of anilines is 1. The maximum Gasteiger partial charge on any atom is 0.243 e. The average molecular weight is 349 g/mol. The van der Waals surface area contributed by atoms with Crippen molar-refractivity contribution < 1.29 is 9.59 Å². The molecule has 1 aromatic carbocycles. The van der Waals surface area contributed by atoms with E-state index in [9.17, 15) is 9.59 Å². The summed E-state index contributed by atoms with van der Waals surface area (Å²) in [6, 6.07) is 5.89. The molecule has 24 heavy (non-hydrogen) atoms. The summed E-state index contributed by atoms with van der Waals surface area (Å²) in [7, 11) is 0. The van der Waals surface area contributed by atoms with Gasteiger partial charge < -0.3 is 10.6 Å². The molecular formula is C19H28N2O2S. The van der Waals surface area contributed by atoms with Crippen molar-refractivity contribution >= 4 is 29.3 Å². The van der Waals surface area contributed by atoms with Crippen molar-refractivity contribution in [1.82, 2.24) is 5.32 Å². The van der Waals surface area contributed by atoms with E-state index in [0.29, 0.717) is 5.25 Å². The van der Waals surface area contributed by atoms with Crippen LogP contribution in [0.1, 0.15) is 50.2 Å². The summed E-state index contributed by atoms with van der Waals surface area (Å²) in [5.41, 5.74) is 2.88. The van der Waals surface area contributed by atoms with Crippen LogP contribution in [-0.4, -0.2) is 28.9 Å². The Kier molecular flexibility index (Phi) is 7.16. The summed E-state index contributed by atoms with van der Waals surface area (Å²) in [5.74, 6) is -0.238. The van der Waals surface area contributed by atoms with Gasteiger partial charge >= 0.3 is 0 Å². The highest BCUT2D eigenvalue weighted by molar-refractivity contribution is 8.01. The van der Waals surface area contributed by atoms with Gasteiger partial charge in [0, 0.05) is 10.9 Å². The number of hydrogen-bond acceptors (Lipinski definition) is 3. The predicted octanol–water partition coefficient (Wildman–Crippen LogP) is 3.81. The Morgan fingerprint density at radius 2 is 1.79 bits per heavy atom. The Morgan fingerprint density at radius 3 is 2.42 bits per heavy atom. The Bertz CT molecular complexity index is 562. The molecule has 0 spiro atoms. The molecule has 132 valence electrons. The van der Waals surface area contributed by atoms with Crippen LogP contribution in [0.3, 0.4) is 0 Å². The van der Waals surface area contributed by atoms with Crippen LogP contribution in [0.15, 0.2) is 18.2 Å². The number of para-hydroxylation sites is 1. The van der Waals surface area contributed by atoms with Crippen LogP contribution in [0.25, 0.3) is 0 Å². The zero-order chi connectivity index (χ0) is 17.5. The highest BCUT2D eigenvalue weighted by Crippen LogP contribution is 2.30. The molecule has 0 aliphatic heterocycles. The maximum atomic E-state index is 12.2. The molecule has 1 atom stereocenters. The molecule has 1 aliphatic carbocycles. The molecular weight excluding hydrogens is 320 g/mol. The number of aryl methyl sites for hydroxylation is 2. The number of nitrogens with one attached hydrogen (secondary N) is 2. The fraction of sp³-hybridized carbons (Fsp3) is 0.579. The van der Waals surface area contributed by atoms with E-state index in [2.05, 4.69) is 10.6 Å². The average Bonchev–Trinajstić information content (AvgIpc) is 2.57. The van der Waals surface area contributed by atoms with Gasteiger partial charge in [-0.05, 0) is 44.7 Å². The molecule has 4 nitrogen and oxygen atoms in total. The van der Waals surface area contributed by atoms with Crippen molar-refractivity contribution in [2.24, 2.45) is 0 Å². The van der Waals surface area contributed by atoms with E-state index in [0.717, 1.165) is 16.8 Å². The van der Waals surface area contributed by atoms with Gasteiger partial charge in [-0.3, -0.25) is 9.59 Å². The number of rotatable bonds is 6. The maximum absolute atomic E-state index is 12.2. The number of hydrogen-bond donors (Lipinski definition) is 2. The summed E-state index contributed by atoms with van der Waals surface area (Å²) < 4.78 is 0. The molecule has 0 heterocycles. The molecule has 0 unspecified atom stereocenters.